The summed E-state index contributed by atoms with van der Waals surface area (Å²) >= 11 is 0. The van der Waals surface area contributed by atoms with Crippen LogP contribution in [-0.4, -0.2) is 50.1 Å². The predicted octanol–water partition coefficient (Wildman–Crippen LogP) is 1.61. The van der Waals surface area contributed by atoms with Crippen molar-refractivity contribution in [1.82, 2.24) is 9.78 Å². The minimum atomic E-state index is -3.08. The lowest BCUT2D eigenvalue weighted by Crippen LogP contribution is -2.25. The topological polar surface area (TPSA) is 103 Å². The van der Waals surface area contributed by atoms with E-state index in [4.69, 9.17) is 9.47 Å². The van der Waals surface area contributed by atoms with E-state index in [1.165, 1.54) is 18.0 Å². The molecule has 1 aliphatic heterocycles. The van der Waals surface area contributed by atoms with Crippen LogP contribution in [0.15, 0.2) is 28.0 Å². The molecule has 0 unspecified atom stereocenters. The first-order valence-corrected chi connectivity index (χ1v) is 9.94. The van der Waals surface area contributed by atoms with Crippen molar-refractivity contribution in [3.8, 4) is 11.5 Å². The number of sulfone groups is 1. The molecule has 26 heavy (non-hydrogen) atoms. The Morgan fingerprint density at radius 2 is 2.08 bits per heavy atom. The van der Waals surface area contributed by atoms with Gasteiger partial charge in [0, 0.05) is 18.0 Å². The number of aryl methyl sites for hydroxylation is 1. The van der Waals surface area contributed by atoms with E-state index in [0.717, 1.165) is 0 Å². The Kier molecular flexibility index (Phi) is 4.90. The van der Waals surface area contributed by atoms with Crippen molar-refractivity contribution in [2.45, 2.75) is 19.4 Å². The van der Waals surface area contributed by atoms with E-state index in [-0.39, 0.29) is 23.1 Å². The Labute approximate surface area is 151 Å². The van der Waals surface area contributed by atoms with Crippen molar-refractivity contribution in [3.63, 3.8) is 0 Å². The molecule has 2 aromatic rings. The number of aliphatic imine (C=N–C) groups is 1. The van der Waals surface area contributed by atoms with Crippen LogP contribution >= 0.6 is 0 Å². The summed E-state index contributed by atoms with van der Waals surface area (Å²) in [6, 6.07) is 4.83. The molecular weight excluding hydrogens is 358 g/mol. The number of nitrogens with zero attached hydrogens (tertiary/aromatic N) is 2. The fourth-order valence-electron chi connectivity index (χ4n) is 3.00. The summed E-state index contributed by atoms with van der Waals surface area (Å²) in [5, 5.41) is 2.97. The normalized spacial score (nSPS) is 19.1. The molecule has 1 aromatic heterocycles. The van der Waals surface area contributed by atoms with Gasteiger partial charge in [0.2, 0.25) is 0 Å². The molecule has 9 heteroatoms. The summed E-state index contributed by atoms with van der Waals surface area (Å²) in [4.78, 5) is 17.0. The molecule has 0 radical (unpaired) electrons. The fraction of sp³-hybridized carbons (Fsp3) is 0.412. The number of H-pyrrole nitrogens is 1. The summed E-state index contributed by atoms with van der Waals surface area (Å²) in [5.74, 6) is 1.25. The van der Waals surface area contributed by atoms with Gasteiger partial charge in [0.15, 0.2) is 9.84 Å². The van der Waals surface area contributed by atoms with Gasteiger partial charge in [0.1, 0.15) is 17.2 Å². The van der Waals surface area contributed by atoms with E-state index < -0.39 is 9.84 Å². The maximum Gasteiger partial charge on any atom is 0.275 e. The molecule has 3 rings (SSSR count). The average molecular weight is 379 g/mol. The summed E-state index contributed by atoms with van der Waals surface area (Å²) in [6.45, 7) is 1.76. The van der Waals surface area contributed by atoms with Crippen LogP contribution in [0.1, 0.15) is 23.7 Å². The van der Waals surface area contributed by atoms with Gasteiger partial charge in [-0.25, -0.2) is 13.1 Å². The van der Waals surface area contributed by atoms with Crippen molar-refractivity contribution < 1.29 is 17.9 Å². The van der Waals surface area contributed by atoms with Gasteiger partial charge >= 0.3 is 0 Å². The zero-order valence-corrected chi connectivity index (χ0v) is 15.7. The average Bonchev–Trinajstić information content (AvgIpc) is 3.12. The molecule has 140 valence electrons. The second-order valence-corrected chi connectivity index (χ2v) is 8.41. The largest absolute Gasteiger partial charge is 0.497 e. The van der Waals surface area contributed by atoms with Crippen LogP contribution in [0, 0.1) is 6.92 Å². The van der Waals surface area contributed by atoms with Gasteiger partial charge in [-0.2, -0.15) is 0 Å². The molecule has 0 saturated carbocycles. The summed E-state index contributed by atoms with van der Waals surface area (Å²) in [5.41, 5.74) is 1.31. The molecule has 1 fully saturated rings. The second-order valence-electron chi connectivity index (χ2n) is 6.18. The van der Waals surface area contributed by atoms with Gasteiger partial charge in [-0.3, -0.25) is 14.9 Å². The highest BCUT2D eigenvalue weighted by Crippen LogP contribution is 2.31. The second kappa shape index (κ2) is 6.99. The number of ether oxygens (including phenoxy) is 2. The van der Waals surface area contributed by atoms with E-state index in [2.05, 4.69) is 10.1 Å². The molecule has 0 spiro atoms. The van der Waals surface area contributed by atoms with Crippen LogP contribution in [0.5, 0.6) is 11.5 Å². The minimum absolute atomic E-state index is 0.0181. The fourth-order valence-corrected chi connectivity index (χ4v) is 4.70. The number of hydrogen-bond donors (Lipinski definition) is 1. The molecule has 1 N–H and O–H groups in total. The molecule has 0 bridgehead atoms. The first-order chi connectivity index (χ1) is 12.3. The van der Waals surface area contributed by atoms with Crippen LogP contribution in [0.25, 0.3) is 0 Å². The highest BCUT2D eigenvalue weighted by atomic mass is 32.2. The summed E-state index contributed by atoms with van der Waals surface area (Å²) in [6.07, 6.45) is 1.91. The number of aromatic nitrogens is 2. The number of rotatable bonds is 5. The van der Waals surface area contributed by atoms with Crippen molar-refractivity contribution in [3.05, 3.63) is 39.8 Å². The summed E-state index contributed by atoms with van der Waals surface area (Å²) < 4.78 is 35.2. The first kappa shape index (κ1) is 18.2. The van der Waals surface area contributed by atoms with Gasteiger partial charge in [0.05, 0.1) is 37.3 Å². The number of hydrogen-bond acceptors (Lipinski definition) is 6. The molecule has 1 saturated heterocycles. The molecule has 2 heterocycles. The maximum atomic E-state index is 12.7. The predicted molar refractivity (Wildman–Crippen MR) is 98.9 cm³/mol. The van der Waals surface area contributed by atoms with Gasteiger partial charge < -0.3 is 9.47 Å². The van der Waals surface area contributed by atoms with Crippen molar-refractivity contribution >= 4 is 21.7 Å². The van der Waals surface area contributed by atoms with E-state index in [0.29, 0.717) is 34.9 Å². The molecular formula is C17H21N3O5S. The standard InChI is InChI=1S/C17H21N3O5S/c1-11-14(9-18-15-5-4-13(24-2)8-16(15)25-3)17(21)20(19-11)12-6-7-26(22,23)10-12/h4-5,8-9,12,19H,6-7,10H2,1-3H3/t12-/m1/s1. The van der Waals surface area contributed by atoms with Gasteiger partial charge in [-0.05, 0) is 25.5 Å². The molecule has 8 nitrogen and oxygen atoms in total. The lowest BCUT2D eigenvalue weighted by atomic mass is 10.2. The number of aromatic amines is 1. The molecule has 1 aromatic carbocycles. The van der Waals surface area contributed by atoms with Crippen LogP contribution in [0.4, 0.5) is 5.69 Å². The molecule has 0 aliphatic carbocycles. The highest BCUT2D eigenvalue weighted by molar-refractivity contribution is 7.91. The highest BCUT2D eigenvalue weighted by Gasteiger charge is 2.31. The Morgan fingerprint density at radius 1 is 1.31 bits per heavy atom. The lowest BCUT2D eigenvalue weighted by Gasteiger charge is -2.07. The zero-order chi connectivity index (χ0) is 18.9. The quantitative estimate of drug-likeness (QED) is 0.795. The van der Waals surface area contributed by atoms with E-state index in [9.17, 15) is 13.2 Å². The third kappa shape index (κ3) is 3.52. The Bertz CT molecular complexity index is 1000. The lowest BCUT2D eigenvalue weighted by molar-refractivity contribution is 0.395. The van der Waals surface area contributed by atoms with E-state index in [1.54, 1.807) is 32.2 Å². The third-order valence-corrected chi connectivity index (χ3v) is 6.18. The maximum absolute atomic E-state index is 12.7. The number of benzene rings is 1. The van der Waals surface area contributed by atoms with Crippen molar-refractivity contribution in [2.24, 2.45) is 4.99 Å². The van der Waals surface area contributed by atoms with Gasteiger partial charge in [-0.15, -0.1) is 0 Å². The zero-order valence-electron chi connectivity index (χ0n) is 14.9. The molecule has 1 atom stereocenters. The number of methoxy groups -OCH3 is 2. The Hall–Kier alpha value is -2.55. The number of nitrogens with one attached hydrogen (secondary N) is 1. The van der Waals surface area contributed by atoms with E-state index in [1.807, 2.05) is 0 Å². The smallest absolute Gasteiger partial charge is 0.275 e. The van der Waals surface area contributed by atoms with Crippen molar-refractivity contribution in [1.29, 1.82) is 0 Å². The van der Waals surface area contributed by atoms with E-state index >= 15 is 0 Å². The summed E-state index contributed by atoms with van der Waals surface area (Å²) in [7, 11) is 0.0160. The van der Waals surface area contributed by atoms with Gasteiger partial charge in [0.25, 0.3) is 5.56 Å². The van der Waals surface area contributed by atoms with Crippen molar-refractivity contribution in [2.75, 3.05) is 25.7 Å². The van der Waals surface area contributed by atoms with Crippen LogP contribution in [0.3, 0.4) is 0 Å². The molecule has 1 aliphatic rings. The monoisotopic (exact) mass is 379 g/mol. The third-order valence-electron chi connectivity index (χ3n) is 4.43. The Balaban J connectivity index is 1.92. The molecule has 0 amide bonds. The SMILES string of the molecule is COc1ccc(N=Cc2c(C)[nH]n([C@@H]3CCS(=O)(=O)C3)c2=O)c(OC)c1. The van der Waals surface area contributed by atoms with Gasteiger partial charge in [-0.1, -0.05) is 0 Å². The van der Waals surface area contributed by atoms with Crippen LogP contribution in [-0.2, 0) is 9.84 Å². The first-order valence-electron chi connectivity index (χ1n) is 8.12. The Morgan fingerprint density at radius 3 is 2.69 bits per heavy atom. The van der Waals surface area contributed by atoms with Crippen LogP contribution in [0.2, 0.25) is 0 Å². The minimum Gasteiger partial charge on any atom is -0.497 e. The van der Waals surface area contributed by atoms with Crippen LogP contribution < -0.4 is 15.0 Å².